The topological polar surface area (TPSA) is 21.3 Å². The average molecular weight is 759 g/mol. The van der Waals surface area contributed by atoms with E-state index in [1.54, 1.807) is 0 Å². The Bertz CT molecular complexity index is 3470. The van der Waals surface area contributed by atoms with Gasteiger partial charge >= 0.3 is 0 Å². The molecule has 0 bridgehead atoms. The Labute approximate surface area is 338 Å². The van der Waals surface area contributed by atoms with Gasteiger partial charge in [0.25, 0.3) is 0 Å². The van der Waals surface area contributed by atoms with Crippen molar-refractivity contribution in [3.8, 4) is 27.9 Å². The Morgan fingerprint density at radius 1 is 0.431 bits per heavy atom. The fourth-order valence-electron chi connectivity index (χ4n) is 8.99. The van der Waals surface area contributed by atoms with Crippen LogP contribution in [0.15, 0.2) is 211 Å². The third-order valence-electron chi connectivity index (χ3n) is 11.6. The molecule has 272 valence electrons. The lowest BCUT2D eigenvalue weighted by atomic mass is 9.98. The zero-order valence-electron chi connectivity index (χ0n) is 31.3. The normalized spacial score (nSPS) is 11.8. The van der Waals surface area contributed by atoms with Crippen LogP contribution < -0.4 is 4.90 Å². The molecule has 0 aliphatic heterocycles. The standard InChI is InChI=1S/C54H34N2OS/c1-3-15-35(16-4-1)37-29-30-45-51(33-37)58-54-40(36-17-5-2-6-18-36)31-32-48(52(45)54)56(49-27-14-24-44-43-23-9-12-28-50(43)57-53(44)49)39-20-13-19-38(34-39)55-46-25-10-7-21-41(46)42-22-8-11-26-47(42)55/h1-34H. The lowest BCUT2D eigenvalue weighted by molar-refractivity contribution is 0.669. The van der Waals surface area contributed by atoms with Crippen molar-refractivity contribution >= 4 is 92.3 Å². The minimum absolute atomic E-state index is 0.858. The molecule has 3 aromatic heterocycles. The highest BCUT2D eigenvalue weighted by Crippen LogP contribution is 2.51. The predicted octanol–water partition coefficient (Wildman–Crippen LogP) is 15.9. The number of rotatable bonds is 6. The van der Waals surface area contributed by atoms with Gasteiger partial charge in [0.1, 0.15) is 5.58 Å². The number of para-hydroxylation sites is 4. The van der Waals surface area contributed by atoms with Crippen molar-refractivity contribution in [2.45, 2.75) is 0 Å². The van der Waals surface area contributed by atoms with Crippen LogP contribution in [-0.4, -0.2) is 4.57 Å². The number of nitrogens with zero attached hydrogens (tertiary/aromatic N) is 2. The Morgan fingerprint density at radius 2 is 1.09 bits per heavy atom. The van der Waals surface area contributed by atoms with Crippen LogP contribution in [0.1, 0.15) is 0 Å². The molecule has 3 heterocycles. The zero-order chi connectivity index (χ0) is 38.2. The largest absolute Gasteiger partial charge is 0.454 e. The molecule has 3 nitrogen and oxygen atoms in total. The second-order valence-corrected chi connectivity index (χ2v) is 15.9. The van der Waals surface area contributed by atoms with Gasteiger partial charge in [-0.25, -0.2) is 0 Å². The highest BCUT2D eigenvalue weighted by atomic mass is 32.1. The van der Waals surface area contributed by atoms with Crippen LogP contribution >= 0.6 is 11.3 Å². The number of thiophene rings is 1. The van der Waals surface area contributed by atoms with Crippen LogP contribution in [0.2, 0.25) is 0 Å². The van der Waals surface area contributed by atoms with Gasteiger partial charge in [-0.05, 0) is 76.9 Å². The van der Waals surface area contributed by atoms with E-state index in [4.69, 9.17) is 4.42 Å². The predicted molar refractivity (Wildman–Crippen MR) is 247 cm³/mol. The molecule has 9 aromatic carbocycles. The Balaban J connectivity index is 1.17. The number of benzene rings is 9. The van der Waals surface area contributed by atoms with Crippen molar-refractivity contribution in [1.82, 2.24) is 4.57 Å². The first-order chi connectivity index (χ1) is 28.8. The molecule has 0 aliphatic carbocycles. The molecule has 0 aliphatic rings. The van der Waals surface area contributed by atoms with E-state index in [1.165, 1.54) is 64.2 Å². The fraction of sp³-hybridized carbons (Fsp3) is 0. The van der Waals surface area contributed by atoms with Gasteiger partial charge in [-0.15, -0.1) is 11.3 Å². The second-order valence-electron chi connectivity index (χ2n) is 14.9. The van der Waals surface area contributed by atoms with Crippen LogP contribution in [0.3, 0.4) is 0 Å². The van der Waals surface area contributed by atoms with E-state index in [-0.39, 0.29) is 0 Å². The Morgan fingerprint density at radius 3 is 1.86 bits per heavy atom. The summed E-state index contributed by atoms with van der Waals surface area (Å²) >= 11 is 1.87. The van der Waals surface area contributed by atoms with E-state index in [0.29, 0.717) is 0 Å². The smallest absolute Gasteiger partial charge is 0.159 e. The summed E-state index contributed by atoms with van der Waals surface area (Å²) in [5, 5.41) is 7.13. The van der Waals surface area contributed by atoms with Crippen molar-refractivity contribution in [2.24, 2.45) is 0 Å². The lowest BCUT2D eigenvalue weighted by Gasteiger charge is -2.27. The molecule has 0 N–H and O–H groups in total. The maximum Gasteiger partial charge on any atom is 0.159 e. The molecule has 0 spiro atoms. The van der Waals surface area contributed by atoms with Crippen LogP contribution in [0.25, 0.3) is 91.9 Å². The summed E-state index contributed by atoms with van der Waals surface area (Å²) in [4.78, 5) is 2.43. The first-order valence-electron chi connectivity index (χ1n) is 19.7. The van der Waals surface area contributed by atoms with Gasteiger partial charge in [0, 0.05) is 53.1 Å². The van der Waals surface area contributed by atoms with Crippen molar-refractivity contribution in [2.75, 3.05) is 4.90 Å². The minimum Gasteiger partial charge on any atom is -0.454 e. The summed E-state index contributed by atoms with van der Waals surface area (Å²) in [5.74, 6) is 0. The average Bonchev–Trinajstić information content (AvgIpc) is 3.97. The number of anilines is 3. The molecule has 0 fully saturated rings. The highest BCUT2D eigenvalue weighted by molar-refractivity contribution is 7.26. The number of hydrogen-bond donors (Lipinski definition) is 0. The summed E-state index contributed by atoms with van der Waals surface area (Å²) < 4.78 is 11.7. The van der Waals surface area contributed by atoms with Gasteiger partial charge in [-0.1, -0.05) is 152 Å². The number of fused-ring (bicyclic) bond motifs is 9. The third-order valence-corrected chi connectivity index (χ3v) is 12.8. The van der Waals surface area contributed by atoms with Crippen LogP contribution in [0.4, 0.5) is 17.1 Å². The number of hydrogen-bond acceptors (Lipinski definition) is 3. The van der Waals surface area contributed by atoms with Gasteiger partial charge < -0.3 is 13.9 Å². The fourth-order valence-corrected chi connectivity index (χ4v) is 10.3. The molecule has 0 amide bonds. The maximum atomic E-state index is 6.82. The second kappa shape index (κ2) is 13.1. The van der Waals surface area contributed by atoms with Gasteiger partial charge in [0.15, 0.2) is 5.58 Å². The first-order valence-corrected chi connectivity index (χ1v) is 20.5. The molecule has 0 saturated heterocycles. The molecule has 0 radical (unpaired) electrons. The minimum atomic E-state index is 0.858. The summed E-state index contributed by atoms with van der Waals surface area (Å²) in [7, 11) is 0. The zero-order valence-corrected chi connectivity index (χ0v) is 32.2. The maximum absolute atomic E-state index is 6.82. The molecular formula is C54H34N2OS. The Kier molecular flexibility index (Phi) is 7.40. The van der Waals surface area contributed by atoms with Gasteiger partial charge in [-0.2, -0.15) is 0 Å². The van der Waals surface area contributed by atoms with E-state index in [9.17, 15) is 0 Å². The van der Waals surface area contributed by atoms with Gasteiger partial charge in [0.05, 0.1) is 22.4 Å². The van der Waals surface area contributed by atoms with Crippen LogP contribution in [0.5, 0.6) is 0 Å². The highest BCUT2D eigenvalue weighted by Gasteiger charge is 2.25. The molecule has 12 rings (SSSR count). The first kappa shape index (κ1) is 32.8. The van der Waals surface area contributed by atoms with Crippen LogP contribution in [0, 0.1) is 0 Å². The molecule has 4 heteroatoms. The van der Waals surface area contributed by atoms with Crippen LogP contribution in [-0.2, 0) is 0 Å². The molecule has 12 aromatic rings. The Hall–Kier alpha value is -7.40. The SMILES string of the molecule is c1ccc(-c2ccc3c(c2)sc2c(-c4ccccc4)ccc(N(c4cccc(-n5c6ccccc6c6ccccc65)c4)c4cccc5c4oc4ccccc45)c23)cc1. The summed E-state index contributed by atoms with van der Waals surface area (Å²) in [6.45, 7) is 0. The van der Waals surface area contributed by atoms with Crippen molar-refractivity contribution in [1.29, 1.82) is 0 Å². The van der Waals surface area contributed by atoms with E-state index in [1.807, 2.05) is 17.4 Å². The summed E-state index contributed by atoms with van der Waals surface area (Å²) in [6.07, 6.45) is 0. The quantitative estimate of drug-likeness (QED) is 0.168. The van der Waals surface area contributed by atoms with Crippen molar-refractivity contribution in [3.63, 3.8) is 0 Å². The summed E-state index contributed by atoms with van der Waals surface area (Å²) in [5.41, 5.74) is 13.2. The molecule has 0 saturated carbocycles. The van der Waals surface area contributed by atoms with Gasteiger partial charge in [-0.3, -0.25) is 0 Å². The van der Waals surface area contributed by atoms with E-state index in [2.05, 4.69) is 210 Å². The van der Waals surface area contributed by atoms with Gasteiger partial charge in [0.2, 0.25) is 0 Å². The molecule has 58 heavy (non-hydrogen) atoms. The summed E-state index contributed by atoms with van der Waals surface area (Å²) in [6, 6.07) is 74.3. The lowest BCUT2D eigenvalue weighted by Crippen LogP contribution is -2.11. The van der Waals surface area contributed by atoms with E-state index in [0.717, 1.165) is 44.7 Å². The third kappa shape index (κ3) is 5.05. The number of furan rings is 1. The van der Waals surface area contributed by atoms with E-state index >= 15 is 0 Å². The van der Waals surface area contributed by atoms with Crippen molar-refractivity contribution < 1.29 is 4.42 Å². The van der Waals surface area contributed by atoms with Crippen molar-refractivity contribution in [3.05, 3.63) is 206 Å². The molecule has 0 atom stereocenters. The molecule has 0 unspecified atom stereocenters. The molecular weight excluding hydrogens is 725 g/mol. The number of aromatic nitrogens is 1. The monoisotopic (exact) mass is 758 g/mol. The van der Waals surface area contributed by atoms with E-state index < -0.39 is 0 Å².